The number of hydrogen-bond donors (Lipinski definition) is 2. The highest BCUT2D eigenvalue weighted by Gasteiger charge is 2.32. The summed E-state index contributed by atoms with van der Waals surface area (Å²) in [5, 5.41) is 5.25. The number of rotatable bonds is 7. The molecule has 20 heavy (non-hydrogen) atoms. The van der Waals surface area contributed by atoms with Crippen molar-refractivity contribution in [1.29, 1.82) is 0 Å². The predicted octanol–water partition coefficient (Wildman–Crippen LogP) is 1.56. The molecule has 0 bridgehead atoms. The Labute approximate surface area is 115 Å². The molecule has 0 fully saturated rings. The van der Waals surface area contributed by atoms with Gasteiger partial charge in [0, 0.05) is 20.2 Å². The summed E-state index contributed by atoms with van der Waals surface area (Å²) in [6, 6.07) is 5.28. The minimum atomic E-state index is -4.39. The highest BCUT2D eigenvalue weighted by Crippen LogP contribution is 2.31. The van der Waals surface area contributed by atoms with Crippen LogP contribution in [0.2, 0.25) is 0 Å². The molecule has 0 aliphatic rings. The van der Waals surface area contributed by atoms with Crippen LogP contribution in [0.25, 0.3) is 0 Å². The van der Waals surface area contributed by atoms with Crippen LogP contribution in [0.1, 0.15) is 11.1 Å². The quantitative estimate of drug-likeness (QED) is 0.749. The zero-order valence-electron chi connectivity index (χ0n) is 11.1. The minimum absolute atomic E-state index is 0.0205. The van der Waals surface area contributed by atoms with Crippen LogP contribution in [0.4, 0.5) is 13.2 Å². The van der Waals surface area contributed by atoms with E-state index in [1.54, 1.807) is 0 Å². The number of halogens is 3. The fraction of sp³-hybridized carbons (Fsp3) is 0.462. The Morgan fingerprint density at radius 3 is 2.65 bits per heavy atom. The zero-order chi connectivity index (χ0) is 15.0. The molecule has 0 aliphatic heterocycles. The van der Waals surface area contributed by atoms with Crippen molar-refractivity contribution in [2.45, 2.75) is 12.7 Å². The van der Waals surface area contributed by atoms with E-state index in [2.05, 4.69) is 10.6 Å². The van der Waals surface area contributed by atoms with Crippen molar-refractivity contribution >= 4 is 5.91 Å². The lowest BCUT2D eigenvalue weighted by molar-refractivity contribution is -0.138. The molecule has 0 atom stereocenters. The van der Waals surface area contributed by atoms with Gasteiger partial charge < -0.3 is 15.4 Å². The van der Waals surface area contributed by atoms with E-state index in [4.69, 9.17) is 4.74 Å². The van der Waals surface area contributed by atoms with Crippen molar-refractivity contribution in [2.24, 2.45) is 0 Å². The topological polar surface area (TPSA) is 50.4 Å². The van der Waals surface area contributed by atoms with Gasteiger partial charge in [-0.05, 0) is 11.6 Å². The van der Waals surface area contributed by atoms with Gasteiger partial charge in [0.15, 0.2) is 0 Å². The van der Waals surface area contributed by atoms with E-state index in [1.165, 1.54) is 25.3 Å². The van der Waals surface area contributed by atoms with Gasteiger partial charge in [-0.2, -0.15) is 13.2 Å². The van der Waals surface area contributed by atoms with Gasteiger partial charge in [0.2, 0.25) is 5.91 Å². The summed E-state index contributed by atoms with van der Waals surface area (Å²) in [5.74, 6) is -0.286. The highest BCUT2D eigenvalue weighted by molar-refractivity contribution is 5.77. The molecular formula is C13H17F3N2O2. The molecule has 1 aromatic carbocycles. The van der Waals surface area contributed by atoms with Gasteiger partial charge >= 0.3 is 6.18 Å². The number of hydrogen-bond acceptors (Lipinski definition) is 3. The third-order valence-electron chi connectivity index (χ3n) is 2.55. The summed E-state index contributed by atoms with van der Waals surface area (Å²) in [6.45, 7) is 0.697. The molecule has 1 aromatic rings. The summed E-state index contributed by atoms with van der Waals surface area (Å²) < 4.78 is 42.9. The Hall–Kier alpha value is -1.60. The summed E-state index contributed by atoms with van der Waals surface area (Å²) in [7, 11) is 1.51. The van der Waals surface area contributed by atoms with Crippen molar-refractivity contribution in [2.75, 3.05) is 26.8 Å². The summed E-state index contributed by atoms with van der Waals surface area (Å²) in [6.07, 6.45) is -4.39. The van der Waals surface area contributed by atoms with Crippen LogP contribution in [0.5, 0.6) is 0 Å². The number of methoxy groups -OCH3 is 1. The van der Waals surface area contributed by atoms with E-state index >= 15 is 0 Å². The summed E-state index contributed by atoms with van der Waals surface area (Å²) in [5.41, 5.74) is -0.572. The molecular weight excluding hydrogens is 273 g/mol. The Morgan fingerprint density at radius 2 is 2.00 bits per heavy atom. The molecule has 0 aromatic heterocycles. The van der Waals surface area contributed by atoms with E-state index in [0.717, 1.165) is 6.07 Å². The van der Waals surface area contributed by atoms with Crippen molar-refractivity contribution in [1.82, 2.24) is 10.6 Å². The Kier molecular flexibility index (Phi) is 6.47. The van der Waals surface area contributed by atoms with Gasteiger partial charge in [0.1, 0.15) is 0 Å². The average molecular weight is 290 g/mol. The van der Waals surface area contributed by atoms with Gasteiger partial charge in [-0.3, -0.25) is 4.79 Å². The molecule has 0 heterocycles. The second-order valence-corrected chi connectivity index (χ2v) is 4.10. The molecule has 0 saturated heterocycles. The van der Waals surface area contributed by atoms with Gasteiger partial charge in [-0.1, -0.05) is 18.2 Å². The number of nitrogens with one attached hydrogen (secondary N) is 2. The largest absolute Gasteiger partial charge is 0.416 e. The maximum atomic E-state index is 12.7. The van der Waals surface area contributed by atoms with Crippen LogP contribution in [0.3, 0.4) is 0 Å². The maximum absolute atomic E-state index is 12.7. The normalized spacial score (nSPS) is 11.4. The van der Waals surface area contributed by atoms with E-state index in [9.17, 15) is 18.0 Å². The van der Waals surface area contributed by atoms with Crippen molar-refractivity contribution < 1.29 is 22.7 Å². The monoisotopic (exact) mass is 290 g/mol. The summed E-state index contributed by atoms with van der Waals surface area (Å²) in [4.78, 5) is 11.3. The predicted molar refractivity (Wildman–Crippen MR) is 68.0 cm³/mol. The molecule has 0 saturated carbocycles. The van der Waals surface area contributed by atoms with Crippen LogP contribution in [-0.4, -0.2) is 32.7 Å². The van der Waals surface area contributed by atoms with Crippen LogP contribution >= 0.6 is 0 Å². The average Bonchev–Trinajstić information content (AvgIpc) is 2.38. The van der Waals surface area contributed by atoms with Crippen molar-refractivity contribution in [3.05, 3.63) is 35.4 Å². The first-order valence-corrected chi connectivity index (χ1v) is 6.06. The Morgan fingerprint density at radius 1 is 1.30 bits per heavy atom. The van der Waals surface area contributed by atoms with Crippen molar-refractivity contribution in [3.8, 4) is 0 Å². The Bertz CT molecular complexity index is 436. The lowest BCUT2D eigenvalue weighted by Crippen LogP contribution is -2.35. The first kappa shape index (κ1) is 16.5. The Balaban J connectivity index is 2.45. The second-order valence-electron chi connectivity index (χ2n) is 4.10. The molecule has 1 amide bonds. The van der Waals surface area contributed by atoms with E-state index < -0.39 is 11.7 Å². The van der Waals surface area contributed by atoms with Gasteiger partial charge in [-0.15, -0.1) is 0 Å². The maximum Gasteiger partial charge on any atom is 0.416 e. The van der Waals surface area contributed by atoms with Gasteiger partial charge in [0.05, 0.1) is 18.7 Å². The molecule has 0 unspecified atom stereocenters. The number of alkyl halides is 3. The molecule has 4 nitrogen and oxygen atoms in total. The van der Waals surface area contributed by atoms with E-state index in [1.807, 2.05) is 0 Å². The molecule has 0 aliphatic carbocycles. The molecule has 1 rings (SSSR count). The number of amides is 1. The third kappa shape index (κ3) is 5.58. The van der Waals surface area contributed by atoms with Crippen LogP contribution < -0.4 is 10.6 Å². The van der Waals surface area contributed by atoms with Gasteiger partial charge in [-0.25, -0.2) is 0 Å². The fourth-order valence-electron chi connectivity index (χ4n) is 1.62. The van der Waals surface area contributed by atoms with Crippen LogP contribution in [0, 0.1) is 0 Å². The molecule has 2 N–H and O–H groups in total. The van der Waals surface area contributed by atoms with Crippen LogP contribution in [-0.2, 0) is 22.3 Å². The summed E-state index contributed by atoms with van der Waals surface area (Å²) >= 11 is 0. The molecule has 112 valence electrons. The van der Waals surface area contributed by atoms with E-state index in [-0.39, 0.29) is 24.6 Å². The lowest BCUT2D eigenvalue weighted by Gasteiger charge is -2.13. The van der Waals surface area contributed by atoms with E-state index in [0.29, 0.717) is 13.2 Å². The first-order chi connectivity index (χ1) is 9.45. The SMILES string of the molecule is COCCNC(=O)CNCc1ccccc1C(F)(F)F. The number of carbonyl (C=O) groups is 1. The second kappa shape index (κ2) is 7.86. The standard InChI is InChI=1S/C13H17F3N2O2/c1-20-7-6-18-12(19)9-17-8-10-4-2-3-5-11(10)13(14,15)16/h2-5,17H,6-9H2,1H3,(H,18,19). The molecule has 7 heteroatoms. The number of benzene rings is 1. The zero-order valence-corrected chi connectivity index (χ0v) is 11.1. The number of carbonyl (C=O) groups excluding carboxylic acids is 1. The number of ether oxygens (including phenoxy) is 1. The molecule has 0 radical (unpaired) electrons. The smallest absolute Gasteiger partial charge is 0.383 e. The fourth-order valence-corrected chi connectivity index (χ4v) is 1.62. The first-order valence-electron chi connectivity index (χ1n) is 6.06. The van der Waals surface area contributed by atoms with Crippen LogP contribution in [0.15, 0.2) is 24.3 Å². The minimum Gasteiger partial charge on any atom is -0.383 e. The lowest BCUT2D eigenvalue weighted by atomic mass is 10.1. The van der Waals surface area contributed by atoms with Crippen molar-refractivity contribution in [3.63, 3.8) is 0 Å². The van der Waals surface area contributed by atoms with Gasteiger partial charge in [0.25, 0.3) is 0 Å². The highest BCUT2D eigenvalue weighted by atomic mass is 19.4. The molecule has 0 spiro atoms. The third-order valence-corrected chi connectivity index (χ3v) is 2.55.